The summed E-state index contributed by atoms with van der Waals surface area (Å²) in [5, 5.41) is 12.9. The number of carbonyl (C=O) groups is 1. The Balaban J connectivity index is 1.72. The van der Waals surface area contributed by atoms with E-state index in [-0.39, 0.29) is 5.57 Å². The lowest BCUT2D eigenvalue weighted by molar-refractivity contribution is -0.117. The minimum Gasteiger partial charge on any atom is -0.487 e. The van der Waals surface area contributed by atoms with Crippen molar-refractivity contribution in [1.82, 2.24) is 5.32 Å². The Kier molecular flexibility index (Phi) is 8.52. The minimum atomic E-state index is -0.420. The molecule has 7 heteroatoms. The van der Waals surface area contributed by atoms with Crippen molar-refractivity contribution in [3.63, 3.8) is 0 Å². The molecule has 1 amide bonds. The van der Waals surface area contributed by atoms with Crippen LogP contribution in [0.25, 0.3) is 6.08 Å². The SMILES string of the molecule is N#C/C(=C/c1cc(Br)c(OCc2ccccc2Cl)c(I)c1)C(=O)NCc1ccccc1. The summed E-state index contributed by atoms with van der Waals surface area (Å²) in [4.78, 5) is 12.4. The highest BCUT2D eigenvalue weighted by Crippen LogP contribution is 2.33. The second-order valence-corrected chi connectivity index (χ2v) is 8.96. The Morgan fingerprint density at radius 3 is 2.55 bits per heavy atom. The van der Waals surface area contributed by atoms with Crippen LogP contribution in [0, 0.1) is 14.9 Å². The summed E-state index contributed by atoms with van der Waals surface area (Å²) in [6, 6.07) is 22.7. The van der Waals surface area contributed by atoms with Gasteiger partial charge in [-0.05, 0) is 73.9 Å². The van der Waals surface area contributed by atoms with E-state index < -0.39 is 5.91 Å². The average molecular weight is 608 g/mol. The predicted molar refractivity (Wildman–Crippen MR) is 135 cm³/mol. The maximum Gasteiger partial charge on any atom is 0.262 e. The summed E-state index contributed by atoms with van der Waals surface area (Å²) < 4.78 is 7.51. The molecule has 1 N–H and O–H groups in total. The van der Waals surface area contributed by atoms with Crippen molar-refractivity contribution in [2.75, 3.05) is 0 Å². The highest BCUT2D eigenvalue weighted by molar-refractivity contribution is 14.1. The maximum atomic E-state index is 12.4. The van der Waals surface area contributed by atoms with E-state index in [0.717, 1.165) is 19.2 Å². The van der Waals surface area contributed by atoms with E-state index in [1.807, 2.05) is 72.8 Å². The monoisotopic (exact) mass is 606 g/mol. The van der Waals surface area contributed by atoms with E-state index in [1.165, 1.54) is 0 Å². The number of benzene rings is 3. The standard InChI is InChI=1S/C24H17BrClIN2O2/c25-20-11-17(10-19(13-28)24(30)29-14-16-6-2-1-3-7-16)12-22(27)23(20)31-15-18-8-4-5-9-21(18)26/h1-12H,14-15H2,(H,29,30)/b19-10-. The fourth-order valence-corrected chi connectivity index (χ4v) is 4.71. The van der Waals surface area contributed by atoms with E-state index in [2.05, 4.69) is 43.8 Å². The number of ether oxygens (including phenoxy) is 1. The summed E-state index contributed by atoms with van der Waals surface area (Å²) in [5.41, 5.74) is 2.60. The van der Waals surface area contributed by atoms with Gasteiger partial charge in [0.05, 0.1) is 8.04 Å². The van der Waals surface area contributed by atoms with Crippen LogP contribution in [0.4, 0.5) is 0 Å². The van der Waals surface area contributed by atoms with Gasteiger partial charge < -0.3 is 10.1 Å². The first-order valence-electron chi connectivity index (χ1n) is 9.27. The van der Waals surface area contributed by atoms with Gasteiger partial charge in [-0.3, -0.25) is 4.79 Å². The Morgan fingerprint density at radius 2 is 1.87 bits per heavy atom. The largest absolute Gasteiger partial charge is 0.487 e. The molecule has 3 aromatic rings. The summed E-state index contributed by atoms with van der Waals surface area (Å²) in [6.45, 7) is 0.684. The van der Waals surface area contributed by atoms with E-state index in [9.17, 15) is 10.1 Å². The topological polar surface area (TPSA) is 62.1 Å². The highest BCUT2D eigenvalue weighted by atomic mass is 127. The molecule has 0 heterocycles. The van der Waals surface area contributed by atoms with Crippen LogP contribution in [0.15, 0.2) is 76.8 Å². The number of hydrogen-bond donors (Lipinski definition) is 1. The molecule has 0 aromatic heterocycles. The van der Waals surface area contributed by atoms with Crippen molar-refractivity contribution in [2.45, 2.75) is 13.2 Å². The van der Waals surface area contributed by atoms with Gasteiger partial charge in [-0.15, -0.1) is 0 Å². The van der Waals surface area contributed by atoms with Crippen molar-refractivity contribution in [3.05, 3.63) is 102 Å². The zero-order valence-electron chi connectivity index (χ0n) is 16.2. The van der Waals surface area contributed by atoms with Crippen LogP contribution in [0.2, 0.25) is 5.02 Å². The molecule has 0 aliphatic rings. The van der Waals surface area contributed by atoms with Crippen molar-refractivity contribution >= 4 is 62.1 Å². The Hall–Kier alpha value is -2.34. The molecule has 156 valence electrons. The lowest BCUT2D eigenvalue weighted by Gasteiger charge is -2.12. The first-order chi connectivity index (χ1) is 15.0. The smallest absolute Gasteiger partial charge is 0.262 e. The second-order valence-electron chi connectivity index (χ2n) is 6.53. The first-order valence-corrected chi connectivity index (χ1v) is 11.5. The van der Waals surface area contributed by atoms with Crippen LogP contribution in [-0.2, 0) is 17.9 Å². The molecule has 0 atom stereocenters. The molecule has 0 bridgehead atoms. The van der Waals surface area contributed by atoms with E-state index in [1.54, 1.807) is 6.08 Å². The molecule has 0 radical (unpaired) electrons. The van der Waals surface area contributed by atoms with E-state index in [0.29, 0.717) is 29.5 Å². The molecule has 0 aliphatic carbocycles. The molecule has 3 rings (SSSR count). The number of hydrogen-bond acceptors (Lipinski definition) is 3. The van der Waals surface area contributed by atoms with Crippen LogP contribution in [0.1, 0.15) is 16.7 Å². The molecule has 4 nitrogen and oxygen atoms in total. The lowest BCUT2D eigenvalue weighted by atomic mass is 10.1. The van der Waals surface area contributed by atoms with Gasteiger partial charge in [0, 0.05) is 17.1 Å². The van der Waals surface area contributed by atoms with Gasteiger partial charge in [-0.2, -0.15) is 5.26 Å². The van der Waals surface area contributed by atoms with Crippen LogP contribution >= 0.6 is 50.1 Å². The Bertz CT molecular complexity index is 1140. The zero-order valence-corrected chi connectivity index (χ0v) is 20.7. The number of halogens is 3. The lowest BCUT2D eigenvalue weighted by Crippen LogP contribution is -2.23. The van der Waals surface area contributed by atoms with Gasteiger partial charge in [-0.1, -0.05) is 60.1 Å². The van der Waals surface area contributed by atoms with Crippen molar-refractivity contribution in [2.24, 2.45) is 0 Å². The van der Waals surface area contributed by atoms with Gasteiger partial charge in [0.2, 0.25) is 0 Å². The highest BCUT2D eigenvalue weighted by Gasteiger charge is 2.13. The summed E-state index contributed by atoms with van der Waals surface area (Å²) in [5.74, 6) is 0.251. The normalized spacial score (nSPS) is 11.0. The zero-order chi connectivity index (χ0) is 22.2. The molecular weight excluding hydrogens is 591 g/mol. The second kappa shape index (κ2) is 11.3. The van der Waals surface area contributed by atoms with Gasteiger partial charge in [-0.25, -0.2) is 0 Å². The maximum absolute atomic E-state index is 12.4. The first kappa shape index (κ1) is 23.3. The van der Waals surface area contributed by atoms with Crippen LogP contribution < -0.4 is 10.1 Å². The number of nitrogens with one attached hydrogen (secondary N) is 1. The molecule has 0 fully saturated rings. The number of nitrogens with zero attached hydrogens (tertiary/aromatic N) is 1. The quantitative estimate of drug-likeness (QED) is 0.189. The minimum absolute atomic E-state index is 0.0309. The van der Waals surface area contributed by atoms with Crippen molar-refractivity contribution in [3.8, 4) is 11.8 Å². The van der Waals surface area contributed by atoms with Crippen LogP contribution in [0.5, 0.6) is 5.75 Å². The van der Waals surface area contributed by atoms with Gasteiger partial charge in [0.25, 0.3) is 5.91 Å². The number of carbonyl (C=O) groups excluding carboxylic acids is 1. The fourth-order valence-electron chi connectivity index (χ4n) is 2.75. The van der Waals surface area contributed by atoms with Gasteiger partial charge >= 0.3 is 0 Å². The average Bonchev–Trinajstić information content (AvgIpc) is 2.77. The van der Waals surface area contributed by atoms with Gasteiger partial charge in [0.15, 0.2) is 0 Å². The van der Waals surface area contributed by atoms with E-state index >= 15 is 0 Å². The molecule has 3 aromatic carbocycles. The van der Waals surface area contributed by atoms with Crippen LogP contribution in [0.3, 0.4) is 0 Å². The Labute approximate surface area is 208 Å². The third-order valence-corrected chi connectivity index (χ3v) is 6.08. The molecule has 0 saturated heterocycles. The number of nitriles is 1. The molecule has 0 unspecified atom stereocenters. The van der Waals surface area contributed by atoms with Gasteiger partial charge in [0.1, 0.15) is 24.0 Å². The van der Waals surface area contributed by atoms with Crippen molar-refractivity contribution in [1.29, 1.82) is 5.26 Å². The molecule has 0 aliphatic heterocycles. The third kappa shape index (κ3) is 6.57. The third-order valence-electron chi connectivity index (χ3n) is 4.32. The molecule has 31 heavy (non-hydrogen) atoms. The van der Waals surface area contributed by atoms with Crippen LogP contribution in [-0.4, -0.2) is 5.91 Å². The number of amides is 1. The summed E-state index contributed by atoms with van der Waals surface area (Å²) in [6.07, 6.45) is 1.56. The fraction of sp³-hybridized carbons (Fsp3) is 0.0833. The van der Waals surface area contributed by atoms with Crippen molar-refractivity contribution < 1.29 is 9.53 Å². The predicted octanol–water partition coefficient (Wildman–Crippen LogP) is 6.51. The molecule has 0 saturated carbocycles. The number of rotatable bonds is 7. The van der Waals surface area contributed by atoms with E-state index in [4.69, 9.17) is 16.3 Å². The molecule has 0 spiro atoms. The summed E-state index contributed by atoms with van der Waals surface area (Å²) >= 11 is 11.9. The Morgan fingerprint density at radius 1 is 1.16 bits per heavy atom. The summed E-state index contributed by atoms with van der Waals surface area (Å²) in [7, 11) is 0. The molecular formula is C24H17BrClIN2O2.